The second kappa shape index (κ2) is 6.83. The minimum atomic E-state index is 0.269. The normalized spacial score (nSPS) is 15.1. The molecule has 1 aliphatic rings. The molecule has 22 heavy (non-hydrogen) atoms. The summed E-state index contributed by atoms with van der Waals surface area (Å²) in [5, 5.41) is 2.06. The van der Waals surface area contributed by atoms with Crippen LogP contribution in [0.3, 0.4) is 0 Å². The van der Waals surface area contributed by atoms with Gasteiger partial charge in [-0.1, -0.05) is 6.07 Å². The van der Waals surface area contributed by atoms with Crippen molar-refractivity contribution in [2.75, 3.05) is 36.8 Å². The van der Waals surface area contributed by atoms with E-state index in [0.717, 1.165) is 38.3 Å². The maximum absolute atomic E-state index is 12.3. The summed E-state index contributed by atoms with van der Waals surface area (Å²) in [7, 11) is 0. The van der Waals surface area contributed by atoms with Gasteiger partial charge in [0.25, 0.3) is 0 Å². The van der Waals surface area contributed by atoms with Crippen molar-refractivity contribution in [2.24, 2.45) is 0 Å². The Bertz CT molecular complexity index is 601. The molecule has 2 N–H and O–H groups in total. The predicted molar refractivity (Wildman–Crippen MR) is 92.3 cm³/mol. The standard InChI is InChI=1S/C17H21N3OS/c18-14-3-5-15(6-4-14)19-9-11-20(12-10-19)17(21)8-7-16-2-1-13-22-16/h1-6,13H,7-12,18H2. The van der Waals surface area contributed by atoms with Gasteiger partial charge in [-0.25, -0.2) is 0 Å². The van der Waals surface area contributed by atoms with Crippen LogP contribution in [-0.2, 0) is 11.2 Å². The third kappa shape index (κ3) is 3.60. The zero-order valence-corrected chi connectivity index (χ0v) is 13.4. The van der Waals surface area contributed by atoms with Crippen LogP contribution in [0.5, 0.6) is 0 Å². The largest absolute Gasteiger partial charge is 0.399 e. The Kier molecular flexibility index (Phi) is 4.63. The Labute approximate surface area is 135 Å². The van der Waals surface area contributed by atoms with E-state index in [4.69, 9.17) is 5.73 Å². The molecule has 116 valence electrons. The van der Waals surface area contributed by atoms with Crippen molar-refractivity contribution in [2.45, 2.75) is 12.8 Å². The van der Waals surface area contributed by atoms with Crippen LogP contribution in [-0.4, -0.2) is 37.0 Å². The quantitative estimate of drug-likeness (QED) is 0.882. The molecule has 0 atom stereocenters. The van der Waals surface area contributed by atoms with Gasteiger partial charge in [0.15, 0.2) is 0 Å². The van der Waals surface area contributed by atoms with Gasteiger partial charge < -0.3 is 15.5 Å². The fourth-order valence-corrected chi connectivity index (χ4v) is 3.45. The molecule has 0 unspecified atom stereocenters. The SMILES string of the molecule is Nc1ccc(N2CCN(C(=O)CCc3cccs3)CC2)cc1. The molecule has 0 radical (unpaired) electrons. The van der Waals surface area contributed by atoms with Crippen molar-refractivity contribution in [1.82, 2.24) is 4.90 Å². The summed E-state index contributed by atoms with van der Waals surface area (Å²) in [5.41, 5.74) is 7.68. The number of hydrogen-bond acceptors (Lipinski definition) is 4. The smallest absolute Gasteiger partial charge is 0.223 e. The van der Waals surface area contributed by atoms with Crippen LogP contribution in [0.25, 0.3) is 0 Å². The number of anilines is 2. The highest BCUT2D eigenvalue weighted by molar-refractivity contribution is 7.09. The average molecular weight is 315 g/mol. The Morgan fingerprint density at radius 2 is 1.82 bits per heavy atom. The molecule has 1 amide bonds. The molecule has 3 rings (SSSR count). The maximum atomic E-state index is 12.3. The van der Waals surface area contributed by atoms with Crippen molar-refractivity contribution in [3.05, 3.63) is 46.7 Å². The van der Waals surface area contributed by atoms with Crippen molar-refractivity contribution in [3.63, 3.8) is 0 Å². The molecule has 0 spiro atoms. The molecule has 4 nitrogen and oxygen atoms in total. The van der Waals surface area contributed by atoms with E-state index in [-0.39, 0.29) is 5.91 Å². The number of benzene rings is 1. The Morgan fingerprint density at radius 1 is 1.09 bits per heavy atom. The number of amides is 1. The monoisotopic (exact) mass is 315 g/mol. The number of aryl methyl sites for hydroxylation is 1. The summed E-state index contributed by atoms with van der Waals surface area (Å²) < 4.78 is 0. The fraction of sp³-hybridized carbons (Fsp3) is 0.353. The van der Waals surface area contributed by atoms with Crippen LogP contribution in [0.1, 0.15) is 11.3 Å². The van der Waals surface area contributed by atoms with Gasteiger partial charge in [-0.3, -0.25) is 4.79 Å². The lowest BCUT2D eigenvalue weighted by molar-refractivity contribution is -0.131. The third-order valence-electron chi connectivity index (χ3n) is 4.06. The number of nitrogens with zero attached hydrogens (tertiary/aromatic N) is 2. The third-order valence-corrected chi connectivity index (χ3v) is 4.99. The summed E-state index contributed by atoms with van der Waals surface area (Å²) in [6, 6.07) is 12.1. The Balaban J connectivity index is 1.48. The van der Waals surface area contributed by atoms with E-state index in [2.05, 4.69) is 16.3 Å². The molecule has 2 aromatic rings. The second-order valence-corrected chi connectivity index (χ2v) is 6.57. The molecule has 1 aromatic heterocycles. The van der Waals surface area contributed by atoms with E-state index in [1.54, 1.807) is 11.3 Å². The van der Waals surface area contributed by atoms with Crippen molar-refractivity contribution >= 4 is 28.6 Å². The average Bonchev–Trinajstić information content (AvgIpc) is 3.07. The van der Waals surface area contributed by atoms with Gasteiger partial charge in [-0.2, -0.15) is 0 Å². The van der Waals surface area contributed by atoms with Gasteiger partial charge in [0.05, 0.1) is 0 Å². The van der Waals surface area contributed by atoms with Crippen LogP contribution in [0.15, 0.2) is 41.8 Å². The number of nitrogen functional groups attached to an aromatic ring is 1. The van der Waals surface area contributed by atoms with E-state index in [0.29, 0.717) is 6.42 Å². The highest BCUT2D eigenvalue weighted by atomic mass is 32.1. The number of thiophene rings is 1. The lowest BCUT2D eigenvalue weighted by Crippen LogP contribution is -2.48. The topological polar surface area (TPSA) is 49.6 Å². The molecule has 1 aromatic carbocycles. The first-order valence-electron chi connectivity index (χ1n) is 7.63. The van der Waals surface area contributed by atoms with Crippen LogP contribution in [0, 0.1) is 0 Å². The van der Waals surface area contributed by atoms with Crippen LogP contribution < -0.4 is 10.6 Å². The van der Waals surface area contributed by atoms with E-state index >= 15 is 0 Å². The van der Waals surface area contributed by atoms with Crippen molar-refractivity contribution in [1.29, 1.82) is 0 Å². The predicted octanol–water partition coefficient (Wildman–Crippen LogP) is 2.61. The Hall–Kier alpha value is -2.01. The summed E-state index contributed by atoms with van der Waals surface area (Å²) in [5.74, 6) is 0.269. The van der Waals surface area contributed by atoms with E-state index < -0.39 is 0 Å². The number of nitrogens with two attached hydrogens (primary N) is 1. The van der Waals surface area contributed by atoms with Gasteiger partial charge in [0, 0.05) is 48.9 Å². The van der Waals surface area contributed by atoms with E-state index in [1.165, 1.54) is 10.6 Å². The molecule has 0 bridgehead atoms. The number of carbonyl (C=O) groups is 1. The number of carbonyl (C=O) groups excluding carboxylic acids is 1. The van der Waals surface area contributed by atoms with Gasteiger partial charge >= 0.3 is 0 Å². The molecular weight excluding hydrogens is 294 g/mol. The zero-order chi connectivity index (χ0) is 15.4. The zero-order valence-electron chi connectivity index (χ0n) is 12.6. The highest BCUT2D eigenvalue weighted by Crippen LogP contribution is 2.19. The lowest BCUT2D eigenvalue weighted by atomic mass is 10.2. The first kappa shape index (κ1) is 14.9. The molecular formula is C17H21N3OS. The van der Waals surface area contributed by atoms with Crippen LogP contribution in [0.2, 0.25) is 0 Å². The number of hydrogen-bond donors (Lipinski definition) is 1. The van der Waals surface area contributed by atoms with E-state index in [1.807, 2.05) is 35.2 Å². The van der Waals surface area contributed by atoms with Crippen molar-refractivity contribution in [3.8, 4) is 0 Å². The molecule has 1 saturated heterocycles. The summed E-state index contributed by atoms with van der Waals surface area (Å²) in [4.78, 5) is 17.9. The molecule has 2 heterocycles. The molecule has 5 heteroatoms. The van der Waals surface area contributed by atoms with Crippen molar-refractivity contribution < 1.29 is 4.79 Å². The summed E-state index contributed by atoms with van der Waals surface area (Å²) >= 11 is 1.72. The molecule has 0 saturated carbocycles. The van der Waals surface area contributed by atoms with Gasteiger partial charge in [0.2, 0.25) is 5.91 Å². The van der Waals surface area contributed by atoms with Crippen LogP contribution in [0.4, 0.5) is 11.4 Å². The maximum Gasteiger partial charge on any atom is 0.223 e. The summed E-state index contributed by atoms with van der Waals surface area (Å²) in [6.45, 7) is 3.37. The second-order valence-electron chi connectivity index (χ2n) is 5.54. The Morgan fingerprint density at radius 3 is 2.45 bits per heavy atom. The van der Waals surface area contributed by atoms with Gasteiger partial charge in [0.1, 0.15) is 0 Å². The minimum Gasteiger partial charge on any atom is -0.399 e. The first-order valence-corrected chi connectivity index (χ1v) is 8.51. The van der Waals surface area contributed by atoms with E-state index in [9.17, 15) is 4.79 Å². The van der Waals surface area contributed by atoms with Gasteiger partial charge in [-0.05, 0) is 42.1 Å². The molecule has 1 fully saturated rings. The number of piperazine rings is 1. The van der Waals surface area contributed by atoms with Gasteiger partial charge in [-0.15, -0.1) is 11.3 Å². The number of rotatable bonds is 4. The summed E-state index contributed by atoms with van der Waals surface area (Å²) in [6.07, 6.45) is 1.47. The fourth-order valence-electron chi connectivity index (χ4n) is 2.74. The highest BCUT2D eigenvalue weighted by Gasteiger charge is 2.21. The molecule has 0 aliphatic carbocycles. The minimum absolute atomic E-state index is 0.269. The first-order chi connectivity index (χ1) is 10.7. The molecule has 1 aliphatic heterocycles. The van der Waals surface area contributed by atoms with Crippen LogP contribution >= 0.6 is 11.3 Å². The lowest BCUT2D eigenvalue weighted by Gasteiger charge is -2.36.